The van der Waals surface area contributed by atoms with E-state index in [0.717, 1.165) is 10.4 Å². The number of amides is 2. The van der Waals surface area contributed by atoms with Crippen LogP contribution in [-0.2, 0) is 0 Å². The van der Waals surface area contributed by atoms with Crippen LogP contribution in [0.4, 0.5) is 0 Å². The highest BCUT2D eigenvalue weighted by atomic mass is 32.1. The molecule has 34 heavy (non-hydrogen) atoms. The molecule has 3 N–H and O–H groups in total. The Hall–Kier alpha value is -3.59. The molecule has 8 nitrogen and oxygen atoms in total. The van der Waals surface area contributed by atoms with Gasteiger partial charge in [-0.2, -0.15) is 0 Å². The standard InChI is InChI=1S/C25H28N6O2S/c1-14(16-7-6-10-26-11-16)29-24(33)20-9-8-19(34-20)18-13-28-22-21(31-18)17(12-27-22)23(32)30-15(2)25(3,4)5/h6-15H,1-5H3,(H,27,28)(H,29,33)(H,30,32). The van der Waals surface area contributed by atoms with Crippen LogP contribution in [0.2, 0.25) is 0 Å². The highest BCUT2D eigenvalue weighted by Gasteiger charge is 2.24. The first-order valence-electron chi connectivity index (χ1n) is 11.1. The van der Waals surface area contributed by atoms with Crippen molar-refractivity contribution in [2.24, 2.45) is 5.41 Å². The molecule has 0 aliphatic rings. The minimum absolute atomic E-state index is 0.0199. The van der Waals surface area contributed by atoms with Crippen LogP contribution in [0.3, 0.4) is 0 Å². The molecule has 0 spiro atoms. The molecule has 4 aromatic rings. The molecule has 0 fully saturated rings. The Balaban J connectivity index is 1.54. The predicted molar refractivity (Wildman–Crippen MR) is 134 cm³/mol. The van der Waals surface area contributed by atoms with Gasteiger partial charge in [-0.05, 0) is 43.0 Å². The maximum atomic E-state index is 12.9. The normalized spacial score (nSPS) is 13.4. The SMILES string of the molecule is CC(NC(=O)c1ccc(-c2cnc3[nH]cc(C(=O)NC(C)C(C)(C)C)c3n2)s1)c1cccnc1. The van der Waals surface area contributed by atoms with Crippen molar-refractivity contribution in [1.29, 1.82) is 0 Å². The fourth-order valence-electron chi connectivity index (χ4n) is 3.25. The number of carbonyl (C=O) groups excluding carboxylic acids is 2. The van der Waals surface area contributed by atoms with Crippen molar-refractivity contribution in [3.63, 3.8) is 0 Å². The number of thiophene rings is 1. The molecule has 0 aliphatic carbocycles. The first kappa shape index (κ1) is 23.6. The molecule has 9 heteroatoms. The van der Waals surface area contributed by atoms with E-state index in [2.05, 4.69) is 46.4 Å². The Morgan fingerprint density at radius 1 is 1.06 bits per heavy atom. The molecular weight excluding hydrogens is 448 g/mol. The van der Waals surface area contributed by atoms with E-state index in [1.165, 1.54) is 11.3 Å². The minimum Gasteiger partial charge on any atom is -0.349 e. The van der Waals surface area contributed by atoms with E-state index < -0.39 is 0 Å². The first-order valence-corrected chi connectivity index (χ1v) is 11.9. The van der Waals surface area contributed by atoms with Gasteiger partial charge in [0.15, 0.2) is 5.65 Å². The lowest BCUT2D eigenvalue weighted by Crippen LogP contribution is -2.41. The number of hydrogen-bond acceptors (Lipinski definition) is 6. The van der Waals surface area contributed by atoms with Gasteiger partial charge in [0.1, 0.15) is 5.52 Å². The van der Waals surface area contributed by atoms with Crippen molar-refractivity contribution in [2.45, 2.75) is 46.7 Å². The fraction of sp³-hybridized carbons (Fsp3) is 0.320. The van der Waals surface area contributed by atoms with Gasteiger partial charge >= 0.3 is 0 Å². The van der Waals surface area contributed by atoms with Crippen LogP contribution < -0.4 is 10.6 Å². The Labute approximate surface area is 202 Å². The second kappa shape index (κ2) is 9.34. The van der Waals surface area contributed by atoms with Crippen molar-refractivity contribution in [3.05, 3.63) is 65.1 Å². The summed E-state index contributed by atoms with van der Waals surface area (Å²) in [5.41, 5.74) is 2.96. The van der Waals surface area contributed by atoms with Crippen LogP contribution in [0.25, 0.3) is 21.7 Å². The minimum atomic E-state index is -0.198. The molecule has 2 atom stereocenters. The number of H-pyrrole nitrogens is 1. The summed E-state index contributed by atoms with van der Waals surface area (Å²) in [5.74, 6) is -0.365. The number of rotatable bonds is 6. The van der Waals surface area contributed by atoms with Gasteiger partial charge in [0.2, 0.25) is 0 Å². The van der Waals surface area contributed by atoms with Gasteiger partial charge in [0, 0.05) is 24.6 Å². The van der Waals surface area contributed by atoms with Crippen LogP contribution in [0, 0.1) is 5.41 Å². The first-order chi connectivity index (χ1) is 16.1. The monoisotopic (exact) mass is 476 g/mol. The quantitative estimate of drug-likeness (QED) is 0.372. The van der Waals surface area contributed by atoms with Crippen LogP contribution in [0.5, 0.6) is 0 Å². The molecule has 0 saturated carbocycles. The number of carbonyl (C=O) groups is 2. The number of nitrogens with one attached hydrogen (secondary N) is 3. The average Bonchev–Trinajstić information content (AvgIpc) is 3.46. The van der Waals surface area contributed by atoms with Gasteiger partial charge < -0.3 is 15.6 Å². The molecular formula is C25H28N6O2S. The van der Waals surface area contributed by atoms with Crippen LogP contribution in [-0.4, -0.2) is 37.8 Å². The van der Waals surface area contributed by atoms with Crippen molar-refractivity contribution in [1.82, 2.24) is 30.6 Å². The maximum Gasteiger partial charge on any atom is 0.261 e. The largest absolute Gasteiger partial charge is 0.349 e. The summed E-state index contributed by atoms with van der Waals surface area (Å²) in [5, 5.41) is 6.04. The third-order valence-electron chi connectivity index (χ3n) is 5.89. The summed E-state index contributed by atoms with van der Waals surface area (Å²) < 4.78 is 0. The molecule has 176 valence electrons. The maximum absolute atomic E-state index is 12.9. The number of nitrogens with zero attached hydrogens (tertiary/aromatic N) is 3. The molecule has 0 bridgehead atoms. The van der Waals surface area contributed by atoms with Crippen LogP contribution >= 0.6 is 11.3 Å². The summed E-state index contributed by atoms with van der Waals surface area (Å²) in [7, 11) is 0. The van der Waals surface area contributed by atoms with Crippen molar-refractivity contribution >= 4 is 34.3 Å². The highest BCUT2D eigenvalue weighted by Crippen LogP contribution is 2.29. The van der Waals surface area contributed by atoms with Gasteiger partial charge in [-0.1, -0.05) is 26.8 Å². The number of pyridine rings is 1. The Morgan fingerprint density at radius 3 is 2.56 bits per heavy atom. The zero-order valence-corrected chi connectivity index (χ0v) is 20.7. The van der Waals surface area contributed by atoms with Gasteiger partial charge in [0.25, 0.3) is 11.8 Å². The summed E-state index contributed by atoms with van der Waals surface area (Å²) in [6.45, 7) is 10.1. The van der Waals surface area contributed by atoms with Crippen LogP contribution in [0.15, 0.2) is 49.1 Å². The summed E-state index contributed by atoms with van der Waals surface area (Å²) in [6.07, 6.45) is 6.71. The lowest BCUT2D eigenvalue weighted by Gasteiger charge is -2.27. The van der Waals surface area contributed by atoms with Gasteiger partial charge in [0.05, 0.1) is 33.3 Å². The lowest BCUT2D eigenvalue weighted by molar-refractivity contribution is 0.0910. The molecule has 4 heterocycles. The molecule has 4 rings (SSSR count). The van der Waals surface area contributed by atoms with Gasteiger partial charge in [-0.15, -0.1) is 11.3 Å². The fourth-order valence-corrected chi connectivity index (χ4v) is 4.12. The summed E-state index contributed by atoms with van der Waals surface area (Å²) in [4.78, 5) is 43.3. The lowest BCUT2D eigenvalue weighted by atomic mass is 9.88. The average molecular weight is 477 g/mol. The molecule has 0 aromatic carbocycles. The van der Waals surface area contributed by atoms with E-state index in [-0.39, 0.29) is 29.3 Å². The zero-order valence-electron chi connectivity index (χ0n) is 19.8. The molecule has 0 radical (unpaired) electrons. The number of fused-ring (bicyclic) bond motifs is 1. The van der Waals surface area contributed by atoms with Crippen LogP contribution in [0.1, 0.15) is 66.3 Å². The van der Waals surface area contributed by atoms with Crippen molar-refractivity contribution in [3.8, 4) is 10.6 Å². The molecule has 4 aromatic heterocycles. The van der Waals surface area contributed by atoms with E-state index in [4.69, 9.17) is 4.98 Å². The predicted octanol–water partition coefficient (Wildman–Crippen LogP) is 4.74. The number of hydrogen-bond donors (Lipinski definition) is 3. The summed E-state index contributed by atoms with van der Waals surface area (Å²) in [6, 6.07) is 7.20. The van der Waals surface area contributed by atoms with E-state index in [1.54, 1.807) is 30.9 Å². The molecule has 0 aliphatic heterocycles. The highest BCUT2D eigenvalue weighted by molar-refractivity contribution is 7.17. The van der Waals surface area contributed by atoms with Crippen molar-refractivity contribution in [2.75, 3.05) is 0 Å². The summed E-state index contributed by atoms with van der Waals surface area (Å²) >= 11 is 1.33. The third kappa shape index (κ3) is 4.99. The smallest absolute Gasteiger partial charge is 0.261 e. The van der Waals surface area contributed by atoms with Crippen molar-refractivity contribution < 1.29 is 9.59 Å². The van der Waals surface area contributed by atoms with Gasteiger partial charge in [-0.3, -0.25) is 14.6 Å². The number of aromatic amines is 1. The Bertz CT molecular complexity index is 1320. The second-order valence-corrected chi connectivity index (χ2v) is 10.4. The van der Waals surface area contributed by atoms with E-state index >= 15 is 0 Å². The van der Waals surface area contributed by atoms with E-state index in [0.29, 0.717) is 27.3 Å². The number of aromatic nitrogens is 4. The Kier molecular flexibility index (Phi) is 6.47. The molecule has 0 saturated heterocycles. The van der Waals surface area contributed by atoms with E-state index in [1.807, 2.05) is 32.0 Å². The zero-order chi connectivity index (χ0) is 24.5. The van der Waals surface area contributed by atoms with E-state index in [9.17, 15) is 9.59 Å². The molecule has 2 unspecified atom stereocenters. The second-order valence-electron chi connectivity index (χ2n) is 9.36. The van der Waals surface area contributed by atoms with Gasteiger partial charge in [-0.25, -0.2) is 9.97 Å². The molecule has 2 amide bonds. The topological polar surface area (TPSA) is 113 Å². The third-order valence-corrected chi connectivity index (χ3v) is 6.99. The Morgan fingerprint density at radius 2 is 1.85 bits per heavy atom.